The first-order valence-electron chi connectivity index (χ1n) is 11.1. The van der Waals surface area contributed by atoms with Crippen LogP contribution in [0.25, 0.3) is 11.3 Å². The van der Waals surface area contributed by atoms with E-state index in [-0.39, 0.29) is 24.5 Å². The Balaban J connectivity index is 1.21. The van der Waals surface area contributed by atoms with Crippen LogP contribution in [0.3, 0.4) is 0 Å². The molecular formula is C24H28N4O3. The minimum absolute atomic E-state index is 0.0699. The number of hydrogen-bond donors (Lipinski definition) is 1. The molecule has 162 valence electrons. The van der Waals surface area contributed by atoms with E-state index in [1.807, 2.05) is 42.5 Å². The predicted molar refractivity (Wildman–Crippen MR) is 116 cm³/mol. The summed E-state index contributed by atoms with van der Waals surface area (Å²) in [6.07, 6.45) is 3.97. The zero-order chi connectivity index (χ0) is 21.2. The standard InChI is InChI=1S/C24H28N4O3/c29-23-16-27(24(30)28(23)21-8-9-21)15-17-4-6-18(7-5-17)22-3-1-2-20(26-22)14-25-19-10-12-31-13-11-19/h1-7,19,21,25H,8-16H2. The highest BCUT2D eigenvalue weighted by Gasteiger charge is 2.44. The molecule has 0 radical (unpaired) electrons. The van der Waals surface area contributed by atoms with Gasteiger partial charge in [-0.25, -0.2) is 4.79 Å². The molecule has 0 atom stereocenters. The van der Waals surface area contributed by atoms with Crippen LogP contribution >= 0.6 is 0 Å². The summed E-state index contributed by atoms with van der Waals surface area (Å²) in [7, 11) is 0. The second kappa shape index (κ2) is 8.77. The maximum Gasteiger partial charge on any atom is 0.327 e. The van der Waals surface area contributed by atoms with Crippen LogP contribution in [-0.4, -0.2) is 58.6 Å². The van der Waals surface area contributed by atoms with Crippen molar-refractivity contribution in [3.63, 3.8) is 0 Å². The van der Waals surface area contributed by atoms with Crippen LogP contribution in [0.2, 0.25) is 0 Å². The van der Waals surface area contributed by atoms with Crippen molar-refractivity contribution < 1.29 is 14.3 Å². The molecular weight excluding hydrogens is 392 g/mol. The molecule has 3 aliphatic rings. The summed E-state index contributed by atoms with van der Waals surface area (Å²) < 4.78 is 5.41. The number of hydrogen-bond acceptors (Lipinski definition) is 5. The molecule has 7 heteroatoms. The Morgan fingerprint density at radius 2 is 1.77 bits per heavy atom. The van der Waals surface area contributed by atoms with Crippen LogP contribution in [-0.2, 0) is 22.6 Å². The van der Waals surface area contributed by atoms with Gasteiger partial charge in [0, 0.05) is 44.0 Å². The molecule has 1 saturated carbocycles. The summed E-state index contributed by atoms with van der Waals surface area (Å²) >= 11 is 0. The molecule has 5 rings (SSSR count). The summed E-state index contributed by atoms with van der Waals surface area (Å²) in [6, 6.07) is 14.7. The third-order valence-electron chi connectivity index (χ3n) is 6.21. The second-order valence-corrected chi connectivity index (χ2v) is 8.61. The first kappa shape index (κ1) is 20.2. The van der Waals surface area contributed by atoms with E-state index in [0.29, 0.717) is 12.6 Å². The number of benzene rings is 1. The summed E-state index contributed by atoms with van der Waals surface area (Å²) in [5, 5.41) is 3.58. The molecule has 2 aromatic rings. The van der Waals surface area contributed by atoms with Gasteiger partial charge in [0.2, 0.25) is 0 Å². The lowest BCUT2D eigenvalue weighted by molar-refractivity contribution is -0.125. The van der Waals surface area contributed by atoms with Gasteiger partial charge in [-0.3, -0.25) is 14.7 Å². The Morgan fingerprint density at radius 3 is 2.52 bits per heavy atom. The first-order chi connectivity index (χ1) is 15.2. The van der Waals surface area contributed by atoms with Crippen molar-refractivity contribution in [2.24, 2.45) is 0 Å². The van der Waals surface area contributed by atoms with Gasteiger partial charge >= 0.3 is 6.03 Å². The van der Waals surface area contributed by atoms with Gasteiger partial charge in [0.15, 0.2) is 0 Å². The molecule has 2 saturated heterocycles. The highest BCUT2D eigenvalue weighted by Crippen LogP contribution is 2.31. The van der Waals surface area contributed by atoms with Gasteiger partial charge in [0.25, 0.3) is 5.91 Å². The molecule has 7 nitrogen and oxygen atoms in total. The van der Waals surface area contributed by atoms with E-state index in [4.69, 9.17) is 9.72 Å². The molecule has 31 heavy (non-hydrogen) atoms. The van der Waals surface area contributed by atoms with Gasteiger partial charge in [-0.15, -0.1) is 0 Å². The van der Waals surface area contributed by atoms with Gasteiger partial charge in [0.05, 0.1) is 11.4 Å². The Morgan fingerprint density at radius 1 is 1.00 bits per heavy atom. The number of nitrogens with one attached hydrogen (secondary N) is 1. The number of aromatic nitrogens is 1. The van der Waals surface area contributed by atoms with E-state index in [1.54, 1.807) is 4.90 Å². The number of pyridine rings is 1. The number of urea groups is 1. The summed E-state index contributed by atoms with van der Waals surface area (Å²) in [4.78, 5) is 32.5. The Kier molecular flexibility index (Phi) is 5.70. The quantitative estimate of drug-likeness (QED) is 0.697. The largest absolute Gasteiger partial charge is 0.381 e. The van der Waals surface area contributed by atoms with Crippen LogP contribution in [0.4, 0.5) is 4.79 Å². The molecule has 2 aliphatic heterocycles. The van der Waals surface area contributed by atoms with Crippen LogP contribution < -0.4 is 5.32 Å². The molecule has 3 heterocycles. The zero-order valence-electron chi connectivity index (χ0n) is 17.6. The smallest absolute Gasteiger partial charge is 0.327 e. The third kappa shape index (κ3) is 4.62. The summed E-state index contributed by atoms with van der Waals surface area (Å²) in [5.74, 6) is -0.0699. The molecule has 3 fully saturated rings. The predicted octanol–water partition coefficient (Wildman–Crippen LogP) is 2.94. The van der Waals surface area contributed by atoms with Crippen molar-refractivity contribution in [2.45, 2.75) is 50.9 Å². The SMILES string of the molecule is O=C1CN(Cc2ccc(-c3cccc(CNC4CCOCC4)n3)cc2)C(=O)N1C1CC1. The van der Waals surface area contributed by atoms with Crippen molar-refractivity contribution in [3.8, 4) is 11.3 Å². The number of ether oxygens (including phenoxy) is 1. The van der Waals surface area contributed by atoms with Gasteiger partial charge in [-0.05, 0) is 43.4 Å². The van der Waals surface area contributed by atoms with E-state index in [0.717, 1.165) is 68.0 Å². The second-order valence-electron chi connectivity index (χ2n) is 8.61. The number of rotatable bonds is 7. The van der Waals surface area contributed by atoms with Crippen molar-refractivity contribution >= 4 is 11.9 Å². The van der Waals surface area contributed by atoms with E-state index >= 15 is 0 Å². The topological polar surface area (TPSA) is 74.8 Å². The van der Waals surface area contributed by atoms with Crippen molar-refractivity contribution in [3.05, 3.63) is 53.7 Å². The average Bonchev–Trinajstić information content (AvgIpc) is 3.59. The lowest BCUT2D eigenvalue weighted by Gasteiger charge is -2.23. The fourth-order valence-electron chi connectivity index (χ4n) is 4.27. The lowest BCUT2D eigenvalue weighted by atomic mass is 10.1. The molecule has 1 aromatic carbocycles. The first-order valence-corrected chi connectivity index (χ1v) is 11.1. The van der Waals surface area contributed by atoms with E-state index < -0.39 is 0 Å². The van der Waals surface area contributed by atoms with E-state index in [1.165, 1.54) is 4.90 Å². The van der Waals surface area contributed by atoms with Crippen LogP contribution in [0.5, 0.6) is 0 Å². The Bertz CT molecular complexity index is 952. The van der Waals surface area contributed by atoms with Crippen LogP contribution in [0.1, 0.15) is 36.9 Å². The molecule has 0 spiro atoms. The molecule has 0 bridgehead atoms. The summed E-state index contributed by atoms with van der Waals surface area (Å²) in [6.45, 7) is 3.04. The molecule has 1 aliphatic carbocycles. The van der Waals surface area contributed by atoms with Crippen molar-refractivity contribution in [1.82, 2.24) is 20.1 Å². The fraction of sp³-hybridized carbons (Fsp3) is 0.458. The zero-order valence-corrected chi connectivity index (χ0v) is 17.6. The van der Waals surface area contributed by atoms with Crippen LogP contribution in [0, 0.1) is 0 Å². The maximum atomic E-state index is 12.5. The molecule has 0 unspecified atom stereocenters. The van der Waals surface area contributed by atoms with Crippen molar-refractivity contribution in [2.75, 3.05) is 19.8 Å². The lowest BCUT2D eigenvalue weighted by Crippen LogP contribution is -2.34. The van der Waals surface area contributed by atoms with Crippen molar-refractivity contribution in [1.29, 1.82) is 0 Å². The Labute approximate surface area is 182 Å². The molecule has 1 N–H and O–H groups in total. The third-order valence-corrected chi connectivity index (χ3v) is 6.21. The number of carbonyl (C=O) groups is 2. The fourth-order valence-corrected chi connectivity index (χ4v) is 4.27. The van der Waals surface area contributed by atoms with Gasteiger partial charge in [0.1, 0.15) is 6.54 Å². The molecule has 1 aromatic heterocycles. The van der Waals surface area contributed by atoms with E-state index in [9.17, 15) is 9.59 Å². The highest BCUT2D eigenvalue weighted by molar-refractivity contribution is 6.02. The monoisotopic (exact) mass is 420 g/mol. The Hall–Kier alpha value is -2.77. The van der Waals surface area contributed by atoms with Gasteiger partial charge in [-0.1, -0.05) is 30.3 Å². The molecule has 3 amide bonds. The number of carbonyl (C=O) groups excluding carboxylic acids is 2. The number of nitrogens with zero attached hydrogens (tertiary/aromatic N) is 3. The summed E-state index contributed by atoms with van der Waals surface area (Å²) in [5.41, 5.74) is 4.01. The normalized spacial score (nSPS) is 20.0. The van der Waals surface area contributed by atoms with Gasteiger partial charge < -0.3 is 15.0 Å². The van der Waals surface area contributed by atoms with Crippen LogP contribution in [0.15, 0.2) is 42.5 Å². The minimum atomic E-state index is -0.150. The maximum absolute atomic E-state index is 12.5. The average molecular weight is 421 g/mol. The van der Waals surface area contributed by atoms with E-state index in [2.05, 4.69) is 5.32 Å². The minimum Gasteiger partial charge on any atom is -0.381 e. The highest BCUT2D eigenvalue weighted by atomic mass is 16.5. The number of imide groups is 1. The van der Waals surface area contributed by atoms with Gasteiger partial charge in [-0.2, -0.15) is 0 Å². The number of amides is 3.